The Morgan fingerprint density at radius 2 is 2.03 bits per heavy atom. The van der Waals surface area contributed by atoms with E-state index in [1.54, 1.807) is 23.2 Å². The van der Waals surface area contributed by atoms with E-state index in [2.05, 4.69) is 4.98 Å². The number of pyridine rings is 1. The van der Waals surface area contributed by atoms with Crippen LogP contribution in [0.2, 0.25) is 0 Å². The minimum atomic E-state index is -0.676. The summed E-state index contributed by atoms with van der Waals surface area (Å²) in [4.78, 5) is 30.2. The Morgan fingerprint density at radius 3 is 2.71 bits per heavy atom. The number of ether oxygens (including phenoxy) is 2. The van der Waals surface area contributed by atoms with Crippen LogP contribution in [0.15, 0.2) is 71.4 Å². The van der Waals surface area contributed by atoms with Crippen LogP contribution in [0.25, 0.3) is 0 Å². The molecule has 4 rings (SSSR count). The van der Waals surface area contributed by atoms with Gasteiger partial charge in [-0.15, -0.1) is 0 Å². The van der Waals surface area contributed by atoms with Crippen LogP contribution in [0.5, 0.6) is 5.75 Å². The molecule has 1 unspecified atom stereocenters. The van der Waals surface area contributed by atoms with E-state index in [1.807, 2.05) is 48.0 Å². The number of hydrogen-bond donors (Lipinski definition) is 1. The first-order valence-corrected chi connectivity index (χ1v) is 10.0. The van der Waals surface area contributed by atoms with Crippen LogP contribution in [-0.2, 0) is 22.6 Å². The van der Waals surface area contributed by atoms with Crippen molar-refractivity contribution in [2.75, 3.05) is 7.11 Å². The van der Waals surface area contributed by atoms with Crippen LogP contribution < -0.4 is 16.0 Å². The summed E-state index contributed by atoms with van der Waals surface area (Å²) in [5.74, 6) is -0.980. The zero-order chi connectivity index (χ0) is 22.0. The summed E-state index contributed by atoms with van der Waals surface area (Å²) in [6, 6.07) is 11.1. The molecule has 1 aliphatic rings. The molecule has 8 nitrogen and oxygen atoms in total. The van der Waals surface area contributed by atoms with Gasteiger partial charge in [0, 0.05) is 37.2 Å². The first-order chi connectivity index (χ1) is 15.0. The molecular weight excluding hydrogens is 396 g/mol. The zero-order valence-corrected chi connectivity index (χ0v) is 17.4. The molecule has 3 aromatic rings. The zero-order valence-electron chi connectivity index (χ0n) is 17.4. The van der Waals surface area contributed by atoms with Crippen LogP contribution in [0.1, 0.15) is 29.2 Å². The highest BCUT2D eigenvalue weighted by Gasteiger charge is 2.38. The minimum absolute atomic E-state index is 0.0511. The van der Waals surface area contributed by atoms with Crippen LogP contribution in [0, 0.1) is 6.92 Å². The number of nitrogens with zero attached hydrogens (tertiary/aromatic N) is 3. The molecule has 1 aromatic carbocycles. The van der Waals surface area contributed by atoms with E-state index in [9.17, 15) is 9.59 Å². The predicted molar refractivity (Wildman–Crippen MR) is 114 cm³/mol. The minimum Gasteiger partial charge on any atom is -0.465 e. The molecule has 0 bridgehead atoms. The van der Waals surface area contributed by atoms with E-state index in [1.165, 1.54) is 7.11 Å². The third kappa shape index (κ3) is 3.84. The number of imidazole rings is 1. The average Bonchev–Trinajstić information content (AvgIpc) is 3.28. The molecule has 3 heterocycles. The van der Waals surface area contributed by atoms with Gasteiger partial charge < -0.3 is 24.3 Å². The van der Waals surface area contributed by atoms with Crippen LogP contribution in [0.4, 0.5) is 0 Å². The largest absolute Gasteiger partial charge is 0.465 e. The molecule has 0 aliphatic carbocycles. The van der Waals surface area contributed by atoms with E-state index in [0.717, 1.165) is 24.2 Å². The molecule has 0 radical (unpaired) electrons. The molecule has 0 saturated heterocycles. The van der Waals surface area contributed by atoms with Gasteiger partial charge in [-0.05, 0) is 18.9 Å². The molecule has 31 heavy (non-hydrogen) atoms. The molecule has 1 atom stereocenters. The van der Waals surface area contributed by atoms with Gasteiger partial charge in [0.25, 0.3) is 5.56 Å². The van der Waals surface area contributed by atoms with Crippen LogP contribution in [0.3, 0.4) is 0 Å². The van der Waals surface area contributed by atoms with Gasteiger partial charge in [0.15, 0.2) is 0 Å². The summed E-state index contributed by atoms with van der Waals surface area (Å²) >= 11 is 0. The number of methoxy groups -OCH3 is 1. The second-order valence-electron chi connectivity index (χ2n) is 7.39. The summed E-state index contributed by atoms with van der Waals surface area (Å²) in [5, 5.41) is 0. The van der Waals surface area contributed by atoms with Gasteiger partial charge in [0.05, 0.1) is 24.9 Å². The van der Waals surface area contributed by atoms with Crippen molar-refractivity contribution in [3.8, 4) is 5.75 Å². The fraction of sp³-hybridized carbons (Fsp3) is 0.261. The summed E-state index contributed by atoms with van der Waals surface area (Å²) in [5.41, 5.74) is 7.94. The van der Waals surface area contributed by atoms with Crippen molar-refractivity contribution in [3.63, 3.8) is 0 Å². The van der Waals surface area contributed by atoms with Crippen molar-refractivity contribution < 1.29 is 14.3 Å². The molecule has 0 spiro atoms. The van der Waals surface area contributed by atoms with Crippen molar-refractivity contribution in [3.05, 3.63) is 93.8 Å². The number of carbonyl (C=O) groups excluding carboxylic acids is 1. The maximum absolute atomic E-state index is 13.6. The first-order valence-electron chi connectivity index (χ1n) is 10.0. The summed E-state index contributed by atoms with van der Waals surface area (Å²) in [6.45, 7) is 3.11. The average molecular weight is 420 g/mol. The molecule has 0 saturated carbocycles. The summed E-state index contributed by atoms with van der Waals surface area (Å²) in [6.07, 6.45) is 6.10. The van der Waals surface area contributed by atoms with Gasteiger partial charge in [-0.1, -0.05) is 30.3 Å². The summed E-state index contributed by atoms with van der Waals surface area (Å²) in [7, 11) is 1.28. The number of esters is 1. The van der Waals surface area contributed by atoms with Crippen molar-refractivity contribution in [2.24, 2.45) is 5.73 Å². The smallest absolute Gasteiger partial charge is 0.340 e. The van der Waals surface area contributed by atoms with Crippen molar-refractivity contribution >= 4 is 5.97 Å². The predicted octanol–water partition coefficient (Wildman–Crippen LogP) is 2.31. The lowest BCUT2D eigenvalue weighted by Gasteiger charge is -2.29. The highest BCUT2D eigenvalue weighted by Crippen LogP contribution is 2.41. The Balaban J connectivity index is 1.79. The van der Waals surface area contributed by atoms with Gasteiger partial charge in [-0.25, -0.2) is 9.78 Å². The lowest BCUT2D eigenvalue weighted by atomic mass is 9.83. The fourth-order valence-corrected chi connectivity index (χ4v) is 3.98. The van der Waals surface area contributed by atoms with Crippen molar-refractivity contribution in [1.82, 2.24) is 14.1 Å². The Bertz CT molecular complexity index is 1180. The third-order valence-electron chi connectivity index (χ3n) is 5.46. The molecule has 8 heteroatoms. The quantitative estimate of drug-likeness (QED) is 0.614. The Kier molecular flexibility index (Phi) is 5.62. The van der Waals surface area contributed by atoms with Gasteiger partial charge in [0.1, 0.15) is 11.3 Å². The Hall–Kier alpha value is -3.81. The SMILES string of the molecule is COC(=O)C1=C(N)Oc2cc(C)n(CCCn3ccnc3)c(=O)c2C1c1ccccc1. The van der Waals surface area contributed by atoms with E-state index in [-0.39, 0.29) is 17.0 Å². The fourth-order valence-electron chi connectivity index (χ4n) is 3.98. The molecular formula is C23H24N4O4. The van der Waals surface area contributed by atoms with Crippen LogP contribution >= 0.6 is 0 Å². The first kappa shape index (κ1) is 20.5. The van der Waals surface area contributed by atoms with E-state index < -0.39 is 11.9 Å². The Morgan fingerprint density at radius 1 is 1.26 bits per heavy atom. The van der Waals surface area contributed by atoms with Gasteiger partial charge in [-0.3, -0.25) is 4.79 Å². The van der Waals surface area contributed by atoms with E-state index in [0.29, 0.717) is 17.9 Å². The molecule has 0 amide bonds. The Labute approximate surface area is 179 Å². The van der Waals surface area contributed by atoms with Gasteiger partial charge in [0.2, 0.25) is 5.88 Å². The number of carbonyl (C=O) groups is 1. The summed E-state index contributed by atoms with van der Waals surface area (Å²) < 4.78 is 14.4. The normalized spacial score (nSPS) is 15.4. The monoisotopic (exact) mass is 420 g/mol. The van der Waals surface area contributed by atoms with E-state index in [4.69, 9.17) is 15.2 Å². The number of aryl methyl sites for hydroxylation is 2. The maximum Gasteiger partial charge on any atom is 0.340 e. The molecule has 0 fully saturated rings. The maximum atomic E-state index is 13.6. The lowest BCUT2D eigenvalue weighted by Crippen LogP contribution is -2.35. The lowest BCUT2D eigenvalue weighted by molar-refractivity contribution is -0.136. The van der Waals surface area contributed by atoms with Crippen molar-refractivity contribution in [1.29, 1.82) is 0 Å². The number of nitrogens with two attached hydrogens (primary N) is 1. The molecule has 1 aliphatic heterocycles. The molecule has 2 aromatic heterocycles. The molecule has 160 valence electrons. The highest BCUT2D eigenvalue weighted by atomic mass is 16.5. The highest BCUT2D eigenvalue weighted by molar-refractivity contribution is 5.92. The second kappa shape index (κ2) is 8.51. The third-order valence-corrected chi connectivity index (χ3v) is 5.46. The van der Waals surface area contributed by atoms with E-state index >= 15 is 0 Å². The molecule has 2 N–H and O–H groups in total. The number of hydrogen-bond acceptors (Lipinski definition) is 6. The number of benzene rings is 1. The van der Waals surface area contributed by atoms with Gasteiger partial charge >= 0.3 is 5.97 Å². The standard InChI is InChI=1S/C23H24N4O4/c1-15-13-17-19(22(28)27(15)11-6-10-26-12-9-25-14-26)18(16-7-4-3-5-8-16)20(21(24)31-17)23(29)30-2/h3-5,7-9,12-14,18H,6,10-11,24H2,1-2H3. The van der Waals surface area contributed by atoms with Crippen LogP contribution in [-0.4, -0.2) is 27.2 Å². The number of rotatable bonds is 6. The number of aromatic nitrogens is 3. The number of fused-ring (bicyclic) bond motifs is 1. The second-order valence-corrected chi connectivity index (χ2v) is 7.39. The topological polar surface area (TPSA) is 101 Å². The van der Waals surface area contributed by atoms with Gasteiger partial charge in [-0.2, -0.15) is 0 Å². The van der Waals surface area contributed by atoms with Crippen molar-refractivity contribution in [2.45, 2.75) is 32.4 Å².